The first-order valence-corrected chi connectivity index (χ1v) is 6.67. The third-order valence-electron chi connectivity index (χ3n) is 2.80. The molecule has 1 unspecified atom stereocenters. The van der Waals surface area contributed by atoms with Crippen LogP contribution in [-0.2, 0) is 9.53 Å². The Morgan fingerprint density at radius 1 is 1.58 bits per heavy atom. The second-order valence-corrected chi connectivity index (χ2v) is 6.14. The summed E-state index contributed by atoms with van der Waals surface area (Å²) in [5, 5.41) is 3.05. The lowest BCUT2D eigenvalue weighted by atomic mass is 9.84. The maximum absolute atomic E-state index is 13.7. The average molecular weight is 333 g/mol. The quantitative estimate of drug-likeness (QED) is 0.678. The number of aromatic nitrogens is 1. The number of carbonyl (C=O) groups is 1. The van der Waals surface area contributed by atoms with E-state index in [9.17, 15) is 9.18 Å². The van der Waals surface area contributed by atoms with E-state index < -0.39 is 5.82 Å². The van der Waals surface area contributed by atoms with E-state index in [0.717, 1.165) is 6.20 Å². The fraction of sp³-hybridized carbons (Fsp3) is 0.538. The highest BCUT2D eigenvalue weighted by atomic mass is 79.9. The number of anilines is 1. The number of pyridine rings is 1. The van der Waals surface area contributed by atoms with Gasteiger partial charge in [-0.15, -0.1) is 0 Å². The van der Waals surface area contributed by atoms with E-state index in [0.29, 0.717) is 10.3 Å². The predicted molar refractivity (Wildman–Crippen MR) is 75.4 cm³/mol. The highest BCUT2D eigenvalue weighted by molar-refractivity contribution is 9.10. The Balaban J connectivity index is 2.94. The van der Waals surface area contributed by atoms with Crippen LogP contribution in [0.4, 0.5) is 10.1 Å². The molecule has 0 fully saturated rings. The Bertz CT molecular complexity index is 460. The molecule has 1 rings (SSSR count). The molecule has 1 N–H and O–H groups in total. The maximum Gasteiger partial charge on any atom is 0.307 e. The molecule has 1 heterocycles. The zero-order chi connectivity index (χ0) is 14.6. The van der Waals surface area contributed by atoms with Gasteiger partial charge in [-0.25, -0.2) is 9.37 Å². The van der Waals surface area contributed by atoms with Gasteiger partial charge in [-0.2, -0.15) is 0 Å². The Labute approximate surface area is 120 Å². The minimum Gasteiger partial charge on any atom is -0.469 e. The first-order valence-electron chi connectivity index (χ1n) is 5.88. The zero-order valence-electron chi connectivity index (χ0n) is 11.5. The lowest BCUT2D eigenvalue weighted by Crippen LogP contribution is -2.36. The Kier molecular flexibility index (Phi) is 5.29. The second kappa shape index (κ2) is 6.32. The number of hydrogen-bond acceptors (Lipinski definition) is 4. The number of rotatable bonds is 4. The summed E-state index contributed by atoms with van der Waals surface area (Å²) in [6.45, 7) is 5.92. The van der Waals surface area contributed by atoms with E-state index in [1.54, 1.807) is 6.07 Å². The number of ether oxygens (including phenoxy) is 1. The molecule has 0 bridgehead atoms. The van der Waals surface area contributed by atoms with Gasteiger partial charge >= 0.3 is 5.97 Å². The molecule has 0 spiro atoms. The molecule has 0 aliphatic rings. The molecule has 0 aromatic carbocycles. The van der Waals surface area contributed by atoms with E-state index in [1.807, 2.05) is 20.8 Å². The van der Waals surface area contributed by atoms with E-state index >= 15 is 0 Å². The number of nitrogens with zero attached hydrogens (tertiary/aromatic N) is 1. The second-order valence-electron chi connectivity index (χ2n) is 5.33. The molecule has 0 saturated heterocycles. The molecule has 1 aromatic rings. The summed E-state index contributed by atoms with van der Waals surface area (Å²) in [6.07, 6.45) is 1.30. The number of hydrogen-bond donors (Lipinski definition) is 1. The number of methoxy groups -OCH3 is 1. The fourth-order valence-corrected chi connectivity index (χ4v) is 1.87. The maximum atomic E-state index is 13.7. The van der Waals surface area contributed by atoms with Crippen LogP contribution in [0.5, 0.6) is 0 Å². The lowest BCUT2D eigenvalue weighted by Gasteiger charge is -2.31. The standard InChI is InChI=1S/C13H18BrFN2O2/c1-13(2,3)10(6-12(18)19-4)17-9-5-11(14)16-7-8(9)15/h5,7,10H,6H2,1-4H3,(H,16,17). The molecule has 0 radical (unpaired) electrons. The molecule has 6 heteroatoms. The van der Waals surface area contributed by atoms with Gasteiger partial charge in [0.05, 0.1) is 25.4 Å². The molecular weight excluding hydrogens is 315 g/mol. The largest absolute Gasteiger partial charge is 0.469 e. The van der Waals surface area contributed by atoms with E-state index in [-0.39, 0.29) is 23.8 Å². The van der Waals surface area contributed by atoms with Gasteiger partial charge in [0, 0.05) is 6.04 Å². The number of nitrogens with one attached hydrogen (secondary N) is 1. The highest BCUT2D eigenvalue weighted by Gasteiger charge is 2.28. The van der Waals surface area contributed by atoms with Gasteiger partial charge < -0.3 is 10.1 Å². The molecule has 19 heavy (non-hydrogen) atoms. The summed E-state index contributed by atoms with van der Waals surface area (Å²) in [5.74, 6) is -0.789. The SMILES string of the molecule is COC(=O)CC(Nc1cc(Br)ncc1F)C(C)(C)C. The molecular formula is C13H18BrFN2O2. The van der Waals surface area contributed by atoms with Crippen molar-refractivity contribution in [3.05, 3.63) is 22.7 Å². The van der Waals surface area contributed by atoms with Gasteiger partial charge in [0.1, 0.15) is 4.60 Å². The molecule has 4 nitrogen and oxygen atoms in total. The molecule has 106 valence electrons. The summed E-state index contributed by atoms with van der Waals surface area (Å²) in [4.78, 5) is 15.2. The summed E-state index contributed by atoms with van der Waals surface area (Å²) < 4.78 is 18.9. The van der Waals surface area contributed by atoms with Crippen molar-refractivity contribution in [2.45, 2.75) is 33.2 Å². The van der Waals surface area contributed by atoms with Gasteiger partial charge in [-0.1, -0.05) is 20.8 Å². The van der Waals surface area contributed by atoms with Crippen molar-refractivity contribution in [2.75, 3.05) is 12.4 Å². The molecule has 0 aliphatic heterocycles. The van der Waals surface area contributed by atoms with Crippen LogP contribution in [0.3, 0.4) is 0 Å². The summed E-state index contributed by atoms with van der Waals surface area (Å²) in [5.41, 5.74) is 0.0850. The van der Waals surface area contributed by atoms with Crippen LogP contribution in [0.1, 0.15) is 27.2 Å². The lowest BCUT2D eigenvalue weighted by molar-refractivity contribution is -0.141. The van der Waals surface area contributed by atoms with Gasteiger partial charge in [-0.05, 0) is 27.4 Å². The smallest absolute Gasteiger partial charge is 0.307 e. The third kappa shape index (κ3) is 4.78. The zero-order valence-corrected chi connectivity index (χ0v) is 13.0. The van der Waals surface area contributed by atoms with Crippen LogP contribution < -0.4 is 5.32 Å². The number of halogens is 2. The van der Waals surface area contributed by atoms with E-state index in [4.69, 9.17) is 0 Å². The monoisotopic (exact) mass is 332 g/mol. The van der Waals surface area contributed by atoms with Crippen molar-refractivity contribution >= 4 is 27.6 Å². The van der Waals surface area contributed by atoms with E-state index in [2.05, 4.69) is 31.0 Å². The summed E-state index contributed by atoms with van der Waals surface area (Å²) >= 11 is 3.19. The van der Waals surface area contributed by atoms with Crippen molar-refractivity contribution in [3.63, 3.8) is 0 Å². The van der Waals surface area contributed by atoms with Crippen LogP contribution >= 0.6 is 15.9 Å². The Morgan fingerprint density at radius 3 is 2.74 bits per heavy atom. The van der Waals surface area contributed by atoms with Crippen molar-refractivity contribution in [1.82, 2.24) is 4.98 Å². The van der Waals surface area contributed by atoms with Crippen LogP contribution in [0.2, 0.25) is 0 Å². The molecule has 0 amide bonds. The van der Waals surface area contributed by atoms with Crippen LogP contribution in [-0.4, -0.2) is 24.1 Å². The minimum absolute atomic E-state index is 0.166. The normalized spacial score (nSPS) is 12.9. The summed E-state index contributed by atoms with van der Waals surface area (Å²) in [6, 6.07) is 1.30. The van der Waals surface area contributed by atoms with Crippen LogP contribution in [0.25, 0.3) is 0 Å². The minimum atomic E-state index is -0.456. The Hall–Kier alpha value is -1.17. The molecule has 0 aliphatic carbocycles. The predicted octanol–water partition coefficient (Wildman–Crippen LogP) is 3.37. The van der Waals surface area contributed by atoms with Crippen molar-refractivity contribution in [2.24, 2.45) is 5.41 Å². The van der Waals surface area contributed by atoms with Gasteiger partial charge in [0.15, 0.2) is 5.82 Å². The topological polar surface area (TPSA) is 51.2 Å². The average Bonchev–Trinajstić information content (AvgIpc) is 2.31. The number of carbonyl (C=O) groups excluding carboxylic acids is 1. The van der Waals surface area contributed by atoms with Gasteiger partial charge in [0.25, 0.3) is 0 Å². The van der Waals surface area contributed by atoms with Crippen LogP contribution in [0.15, 0.2) is 16.9 Å². The van der Waals surface area contributed by atoms with Crippen molar-refractivity contribution in [1.29, 1.82) is 0 Å². The highest BCUT2D eigenvalue weighted by Crippen LogP contribution is 2.28. The first kappa shape index (κ1) is 15.9. The summed E-state index contributed by atoms with van der Waals surface area (Å²) in [7, 11) is 1.34. The third-order valence-corrected chi connectivity index (χ3v) is 3.23. The number of esters is 1. The van der Waals surface area contributed by atoms with Crippen LogP contribution in [0, 0.1) is 11.2 Å². The van der Waals surface area contributed by atoms with Gasteiger partial charge in [0.2, 0.25) is 0 Å². The van der Waals surface area contributed by atoms with E-state index in [1.165, 1.54) is 7.11 Å². The van der Waals surface area contributed by atoms with Crippen molar-refractivity contribution in [3.8, 4) is 0 Å². The fourth-order valence-electron chi connectivity index (χ4n) is 1.54. The molecule has 1 aromatic heterocycles. The first-order chi connectivity index (χ1) is 8.74. The van der Waals surface area contributed by atoms with Gasteiger partial charge in [-0.3, -0.25) is 4.79 Å². The molecule has 0 saturated carbocycles. The van der Waals surface area contributed by atoms with Crippen molar-refractivity contribution < 1.29 is 13.9 Å². The Morgan fingerprint density at radius 2 is 2.21 bits per heavy atom. The molecule has 1 atom stereocenters.